The van der Waals surface area contributed by atoms with Crippen LogP contribution in [0.3, 0.4) is 0 Å². The second-order valence-electron chi connectivity index (χ2n) is 4.69. The number of benzene rings is 1. The van der Waals surface area contributed by atoms with Gasteiger partial charge in [0.2, 0.25) is 0 Å². The number of hydrogen-bond donors (Lipinski definition) is 2. The van der Waals surface area contributed by atoms with Crippen LogP contribution in [0.15, 0.2) is 36.7 Å². The summed E-state index contributed by atoms with van der Waals surface area (Å²) >= 11 is 6.19. The lowest BCUT2D eigenvalue weighted by atomic mass is 9.93. The van der Waals surface area contributed by atoms with Gasteiger partial charge in [0.15, 0.2) is 0 Å². The maximum atomic E-state index is 6.19. The zero-order valence-electron chi connectivity index (χ0n) is 11.2. The first-order chi connectivity index (χ1) is 9.13. The number of hydrogen-bond acceptors (Lipinski definition) is 3. The van der Waals surface area contributed by atoms with Crippen LogP contribution in [-0.4, -0.2) is 4.98 Å². The van der Waals surface area contributed by atoms with E-state index in [1.807, 2.05) is 6.07 Å². The molecule has 0 amide bonds. The average Bonchev–Trinajstić information content (AvgIpc) is 2.40. The van der Waals surface area contributed by atoms with Gasteiger partial charge in [-0.3, -0.25) is 16.3 Å². The molecule has 3 nitrogen and oxygen atoms in total. The van der Waals surface area contributed by atoms with Crippen LogP contribution in [0.1, 0.15) is 28.3 Å². The van der Waals surface area contributed by atoms with Crippen molar-refractivity contribution in [1.29, 1.82) is 0 Å². The molecule has 0 saturated heterocycles. The van der Waals surface area contributed by atoms with Crippen molar-refractivity contribution in [1.82, 2.24) is 10.4 Å². The highest BCUT2D eigenvalue weighted by Gasteiger charge is 2.16. The van der Waals surface area contributed by atoms with Gasteiger partial charge >= 0.3 is 0 Å². The van der Waals surface area contributed by atoms with Gasteiger partial charge < -0.3 is 0 Å². The Hall–Kier alpha value is -1.42. The first-order valence-electron chi connectivity index (χ1n) is 6.24. The van der Waals surface area contributed by atoms with Crippen LogP contribution < -0.4 is 11.3 Å². The van der Waals surface area contributed by atoms with Crippen LogP contribution in [0.2, 0.25) is 5.02 Å². The summed E-state index contributed by atoms with van der Waals surface area (Å²) in [5, 5.41) is 0.636. The van der Waals surface area contributed by atoms with Crippen molar-refractivity contribution < 1.29 is 0 Å². The number of nitrogens with one attached hydrogen (secondary N) is 1. The summed E-state index contributed by atoms with van der Waals surface area (Å²) in [6.45, 7) is 4.23. The molecule has 0 aliphatic carbocycles. The zero-order valence-corrected chi connectivity index (χ0v) is 11.9. The normalized spacial score (nSPS) is 12.4. The van der Waals surface area contributed by atoms with E-state index < -0.39 is 0 Å². The minimum absolute atomic E-state index is 0.0182. The highest BCUT2D eigenvalue weighted by Crippen LogP contribution is 2.26. The molecule has 0 aliphatic rings. The molecule has 0 saturated carbocycles. The highest BCUT2D eigenvalue weighted by atomic mass is 35.5. The summed E-state index contributed by atoms with van der Waals surface area (Å²) in [5.74, 6) is 5.69. The SMILES string of the molecule is Cc1cccc(C)c1CC(NN)c1ccncc1Cl. The molecular weight excluding hydrogens is 258 g/mol. The van der Waals surface area contributed by atoms with Crippen LogP contribution >= 0.6 is 11.6 Å². The molecule has 0 spiro atoms. The molecular formula is C15H18ClN3. The molecule has 0 bridgehead atoms. The monoisotopic (exact) mass is 275 g/mol. The molecule has 1 heterocycles. The van der Waals surface area contributed by atoms with E-state index in [4.69, 9.17) is 17.4 Å². The Morgan fingerprint density at radius 2 is 1.95 bits per heavy atom. The molecule has 0 aliphatic heterocycles. The molecule has 0 radical (unpaired) electrons. The van der Waals surface area contributed by atoms with E-state index in [-0.39, 0.29) is 6.04 Å². The highest BCUT2D eigenvalue weighted by molar-refractivity contribution is 6.31. The van der Waals surface area contributed by atoms with Crippen molar-refractivity contribution in [3.05, 3.63) is 63.9 Å². The van der Waals surface area contributed by atoms with Crippen LogP contribution in [-0.2, 0) is 6.42 Å². The van der Waals surface area contributed by atoms with Gasteiger partial charge in [-0.15, -0.1) is 0 Å². The van der Waals surface area contributed by atoms with E-state index in [9.17, 15) is 0 Å². The minimum Gasteiger partial charge on any atom is -0.271 e. The van der Waals surface area contributed by atoms with Crippen molar-refractivity contribution >= 4 is 11.6 Å². The average molecular weight is 276 g/mol. The van der Waals surface area contributed by atoms with Gasteiger partial charge in [-0.2, -0.15) is 0 Å². The maximum Gasteiger partial charge on any atom is 0.0637 e. The second kappa shape index (κ2) is 6.15. The first kappa shape index (κ1) is 14.0. The van der Waals surface area contributed by atoms with Gasteiger partial charge in [-0.05, 0) is 48.6 Å². The Kier molecular flexibility index (Phi) is 4.53. The van der Waals surface area contributed by atoms with Gasteiger partial charge in [0, 0.05) is 12.4 Å². The van der Waals surface area contributed by atoms with Crippen LogP contribution in [0.25, 0.3) is 0 Å². The lowest BCUT2D eigenvalue weighted by Crippen LogP contribution is -2.30. The third-order valence-corrected chi connectivity index (χ3v) is 3.75. The molecule has 19 heavy (non-hydrogen) atoms. The predicted octanol–water partition coefficient (Wildman–Crippen LogP) is 3.10. The fraction of sp³-hybridized carbons (Fsp3) is 0.267. The van der Waals surface area contributed by atoms with Crippen molar-refractivity contribution in [3.63, 3.8) is 0 Å². The standard InChI is InChI=1S/C15H18ClN3/c1-10-4-3-5-11(2)13(10)8-15(19-17)12-6-7-18-9-14(12)16/h3-7,9,15,19H,8,17H2,1-2H3. The number of rotatable bonds is 4. The van der Waals surface area contributed by atoms with Crippen molar-refractivity contribution in [3.8, 4) is 0 Å². The summed E-state index contributed by atoms with van der Waals surface area (Å²) in [7, 11) is 0. The van der Waals surface area contributed by atoms with E-state index in [1.165, 1.54) is 16.7 Å². The van der Waals surface area contributed by atoms with Crippen LogP contribution in [0.4, 0.5) is 0 Å². The molecule has 100 valence electrons. The fourth-order valence-corrected chi connectivity index (χ4v) is 2.55. The third kappa shape index (κ3) is 3.13. The maximum absolute atomic E-state index is 6.19. The Balaban J connectivity index is 2.32. The second-order valence-corrected chi connectivity index (χ2v) is 5.10. The Morgan fingerprint density at radius 3 is 2.53 bits per heavy atom. The summed E-state index contributed by atoms with van der Waals surface area (Å²) in [6, 6.07) is 8.18. The third-order valence-electron chi connectivity index (χ3n) is 3.43. The molecule has 1 aromatic heterocycles. The number of nitrogens with zero attached hydrogens (tertiary/aromatic N) is 1. The first-order valence-corrected chi connectivity index (χ1v) is 6.62. The van der Waals surface area contributed by atoms with E-state index in [0.29, 0.717) is 5.02 Å². The van der Waals surface area contributed by atoms with Crippen molar-refractivity contribution in [2.24, 2.45) is 5.84 Å². The Morgan fingerprint density at radius 1 is 1.26 bits per heavy atom. The molecule has 0 fully saturated rings. The lowest BCUT2D eigenvalue weighted by Gasteiger charge is -2.20. The molecule has 3 N–H and O–H groups in total. The predicted molar refractivity (Wildman–Crippen MR) is 78.9 cm³/mol. The van der Waals surface area contributed by atoms with Crippen LogP contribution in [0, 0.1) is 13.8 Å². The molecule has 4 heteroatoms. The smallest absolute Gasteiger partial charge is 0.0637 e. The number of pyridine rings is 1. The van der Waals surface area contributed by atoms with Crippen molar-refractivity contribution in [2.75, 3.05) is 0 Å². The van der Waals surface area contributed by atoms with E-state index >= 15 is 0 Å². The molecule has 1 atom stereocenters. The van der Waals surface area contributed by atoms with E-state index in [2.05, 4.69) is 42.5 Å². The van der Waals surface area contributed by atoms with Gasteiger partial charge in [-0.25, -0.2) is 0 Å². The number of aryl methyl sites for hydroxylation is 2. The quantitative estimate of drug-likeness (QED) is 0.666. The number of hydrazine groups is 1. The molecule has 2 rings (SSSR count). The van der Waals surface area contributed by atoms with Gasteiger partial charge in [0.05, 0.1) is 11.1 Å². The zero-order chi connectivity index (χ0) is 13.8. The Bertz CT molecular complexity index is 549. The lowest BCUT2D eigenvalue weighted by molar-refractivity contribution is 0.549. The summed E-state index contributed by atoms with van der Waals surface area (Å²) in [6.07, 6.45) is 4.18. The molecule has 1 aromatic carbocycles. The topological polar surface area (TPSA) is 50.9 Å². The number of aromatic nitrogens is 1. The van der Waals surface area contributed by atoms with Crippen molar-refractivity contribution in [2.45, 2.75) is 26.3 Å². The Labute approximate surface area is 118 Å². The summed E-state index contributed by atoms with van der Waals surface area (Å²) < 4.78 is 0. The van der Waals surface area contributed by atoms with Gasteiger partial charge in [0.25, 0.3) is 0 Å². The molecule has 2 aromatic rings. The van der Waals surface area contributed by atoms with Gasteiger partial charge in [0.1, 0.15) is 0 Å². The minimum atomic E-state index is -0.0182. The van der Waals surface area contributed by atoms with E-state index in [1.54, 1.807) is 12.4 Å². The van der Waals surface area contributed by atoms with E-state index in [0.717, 1.165) is 12.0 Å². The number of nitrogens with two attached hydrogens (primary N) is 1. The summed E-state index contributed by atoms with van der Waals surface area (Å²) in [4.78, 5) is 4.00. The molecule has 1 unspecified atom stereocenters. The largest absolute Gasteiger partial charge is 0.271 e. The fourth-order valence-electron chi connectivity index (χ4n) is 2.30. The number of halogens is 1. The van der Waals surface area contributed by atoms with Crippen LogP contribution in [0.5, 0.6) is 0 Å². The van der Waals surface area contributed by atoms with Gasteiger partial charge in [-0.1, -0.05) is 29.8 Å². The summed E-state index contributed by atoms with van der Waals surface area (Å²) in [5.41, 5.74) is 7.67.